The van der Waals surface area contributed by atoms with Crippen LogP contribution in [0.15, 0.2) is 11.6 Å². The molecular weight excluding hydrogens is 1100 g/mol. The molecule has 6 saturated heterocycles. The molecule has 26 heteroatoms. The second-order valence-electron chi connectivity index (χ2n) is 26.1. The van der Waals surface area contributed by atoms with Crippen LogP contribution in [0.2, 0.25) is 0 Å². The Balaban J connectivity index is 0.782. The maximum absolute atomic E-state index is 12.3. The highest BCUT2D eigenvalue weighted by molar-refractivity contribution is 5.25. The highest BCUT2D eigenvalue weighted by atomic mass is 16.8. The van der Waals surface area contributed by atoms with Gasteiger partial charge in [-0.2, -0.15) is 0 Å². The number of aliphatic hydroxyl groups is 14. The zero-order valence-electron chi connectivity index (χ0n) is 48.4. The molecule has 36 atom stereocenters. The summed E-state index contributed by atoms with van der Waals surface area (Å²) in [6, 6.07) is 0. The lowest BCUT2D eigenvalue weighted by atomic mass is 9.50. The Hall–Kier alpha value is -1.30. The van der Waals surface area contributed by atoms with Crippen LogP contribution in [0.5, 0.6) is 0 Å². The molecule has 36 unspecified atom stereocenters. The molecule has 0 amide bonds. The van der Waals surface area contributed by atoms with E-state index in [2.05, 4.69) is 19.9 Å². The number of fused-ring (bicyclic) bond motifs is 7. The molecule has 478 valence electrons. The van der Waals surface area contributed by atoms with Crippen LogP contribution in [0.25, 0.3) is 0 Å². The maximum atomic E-state index is 12.3. The summed E-state index contributed by atoms with van der Waals surface area (Å²) >= 11 is 0. The summed E-state index contributed by atoms with van der Waals surface area (Å²) in [5, 5.41) is 149. The predicted octanol–water partition coefficient (Wildman–Crippen LogP) is -2.66. The third-order valence-corrected chi connectivity index (χ3v) is 21.3. The van der Waals surface area contributed by atoms with Crippen molar-refractivity contribution in [2.45, 2.75) is 265 Å². The first-order valence-electron chi connectivity index (χ1n) is 30.2. The minimum atomic E-state index is -1.87. The molecule has 0 spiro atoms. The van der Waals surface area contributed by atoms with Gasteiger partial charge in [0.2, 0.25) is 0 Å². The molecule has 0 aromatic heterocycles. The number of rotatable bonds is 17. The van der Waals surface area contributed by atoms with E-state index in [-0.39, 0.29) is 30.0 Å². The van der Waals surface area contributed by atoms with Crippen molar-refractivity contribution >= 4 is 0 Å². The van der Waals surface area contributed by atoms with Gasteiger partial charge in [0.1, 0.15) is 91.6 Å². The van der Waals surface area contributed by atoms with Crippen molar-refractivity contribution in [2.75, 3.05) is 26.9 Å². The lowest BCUT2D eigenvalue weighted by molar-refractivity contribution is -0.399. The molecule has 26 nitrogen and oxygen atoms in total. The quantitative estimate of drug-likeness (QED) is 0.0661. The second-order valence-corrected chi connectivity index (χ2v) is 26.1. The van der Waals surface area contributed by atoms with Gasteiger partial charge in [-0.15, -0.1) is 0 Å². The molecule has 14 N–H and O–H groups in total. The molecule has 10 aliphatic rings. The first-order chi connectivity index (χ1) is 39.4. The summed E-state index contributed by atoms with van der Waals surface area (Å²) in [6.45, 7) is 10.0. The fraction of sp³-hybridized carbons (Fsp3) is 0.965. The lowest BCUT2D eigenvalue weighted by Crippen LogP contribution is -2.67. The topological polar surface area (TPSA) is 394 Å². The van der Waals surface area contributed by atoms with Crippen LogP contribution in [0, 0.1) is 52.8 Å². The summed E-state index contributed by atoms with van der Waals surface area (Å²) < 4.78 is 73.4. The van der Waals surface area contributed by atoms with Crippen molar-refractivity contribution in [1.29, 1.82) is 0 Å². The minimum absolute atomic E-state index is 0.00228. The molecule has 4 aliphatic carbocycles. The molecule has 0 bridgehead atoms. The Morgan fingerprint density at radius 3 is 1.93 bits per heavy atom. The molecule has 0 aromatic carbocycles. The zero-order chi connectivity index (χ0) is 59.9. The van der Waals surface area contributed by atoms with Crippen molar-refractivity contribution in [2.24, 2.45) is 52.8 Å². The Morgan fingerprint density at radius 1 is 0.590 bits per heavy atom. The molecule has 0 radical (unpaired) electrons. The largest absolute Gasteiger partial charge is 0.394 e. The van der Waals surface area contributed by atoms with E-state index in [1.54, 1.807) is 7.11 Å². The van der Waals surface area contributed by atoms with Gasteiger partial charge in [-0.1, -0.05) is 39.3 Å². The van der Waals surface area contributed by atoms with Crippen LogP contribution in [0.4, 0.5) is 0 Å². The van der Waals surface area contributed by atoms with Crippen LogP contribution in [-0.4, -0.2) is 264 Å². The Kier molecular flexibility index (Phi) is 20.2. The van der Waals surface area contributed by atoms with Crippen LogP contribution >= 0.6 is 0 Å². The van der Waals surface area contributed by atoms with E-state index in [0.29, 0.717) is 55.3 Å². The third-order valence-electron chi connectivity index (χ3n) is 21.3. The summed E-state index contributed by atoms with van der Waals surface area (Å²) in [5.41, 5.74) is 1.14. The van der Waals surface area contributed by atoms with Crippen molar-refractivity contribution in [3.8, 4) is 0 Å². The van der Waals surface area contributed by atoms with Crippen LogP contribution < -0.4 is 0 Å². The number of ether oxygens (including phenoxy) is 12. The highest BCUT2D eigenvalue weighted by Gasteiger charge is 2.65. The monoisotopic (exact) mass is 1190 g/mol. The second kappa shape index (κ2) is 25.9. The van der Waals surface area contributed by atoms with Gasteiger partial charge >= 0.3 is 0 Å². The van der Waals surface area contributed by atoms with E-state index >= 15 is 0 Å². The Morgan fingerprint density at radius 2 is 1.23 bits per heavy atom. The van der Waals surface area contributed by atoms with E-state index in [0.717, 1.165) is 32.1 Å². The number of hydrogen-bond donors (Lipinski definition) is 14. The highest BCUT2D eigenvalue weighted by Crippen LogP contribution is 2.66. The minimum Gasteiger partial charge on any atom is -0.394 e. The Labute approximate surface area is 483 Å². The van der Waals surface area contributed by atoms with Gasteiger partial charge in [-0.3, -0.25) is 0 Å². The summed E-state index contributed by atoms with van der Waals surface area (Å²) in [5.74, 6) is 0.454. The van der Waals surface area contributed by atoms with Crippen molar-refractivity contribution < 1.29 is 128 Å². The molecule has 0 aromatic rings. The van der Waals surface area contributed by atoms with Crippen molar-refractivity contribution in [3.63, 3.8) is 0 Å². The molecule has 6 heterocycles. The Bertz CT molecular complexity index is 2170. The standard InChI is InChI=1S/C57H94O26/c1-21(20-73-52-43(67)40(64)38(62)33(18-58)77-52)12-15-57(72-7)23(3)35-29-10-11-31-28(30(29)17-32(35)83-57)9-8-26-16-27(13-14-56(26,31)6)76-55-49(81-51-22(2)36(60)42(66)50(71)82-51)46(70)48(34(19-59)78-55)80-54-45(69)41(65)47(25(5)75-54)79-53-44(68)39(63)37(61)24(4)74-53/h8,21-25,27-55,58-71H,9-20H2,1-7H3. The first kappa shape index (κ1) is 64.7. The molecule has 6 aliphatic heterocycles. The average molecular weight is 1200 g/mol. The van der Waals surface area contributed by atoms with Gasteiger partial charge in [0.15, 0.2) is 43.5 Å². The molecule has 10 rings (SSSR count). The summed E-state index contributed by atoms with van der Waals surface area (Å²) in [7, 11) is 1.71. The first-order valence-corrected chi connectivity index (χ1v) is 30.2. The molecule has 83 heavy (non-hydrogen) atoms. The summed E-state index contributed by atoms with van der Waals surface area (Å²) in [4.78, 5) is 0. The SMILES string of the molecule is COC1(CCC(C)COC2OC(CO)C(O)C(O)C2O)OC2CC3C(CCC4C3CC=C3CC(OC5OC(CO)C(OC6OC(C)C(OC7OC(C)C(O)C(O)C7O)C(O)C6O)C(O)C5OC5OC(O)C(O)C(O)C5C)CCC34C)C2C1C. The average Bonchev–Trinajstić information content (AvgIpc) is 1.76. The molecule has 3 saturated carbocycles. The van der Waals surface area contributed by atoms with Gasteiger partial charge in [0.25, 0.3) is 0 Å². The van der Waals surface area contributed by atoms with E-state index in [1.165, 1.54) is 26.3 Å². The number of aliphatic hydroxyl groups excluding tert-OH is 14. The fourth-order valence-corrected chi connectivity index (χ4v) is 16.2. The van der Waals surface area contributed by atoms with E-state index in [4.69, 9.17) is 56.8 Å². The van der Waals surface area contributed by atoms with Gasteiger partial charge in [0.05, 0.1) is 50.3 Å². The van der Waals surface area contributed by atoms with Crippen molar-refractivity contribution in [1.82, 2.24) is 0 Å². The van der Waals surface area contributed by atoms with Crippen molar-refractivity contribution in [3.05, 3.63) is 11.6 Å². The summed E-state index contributed by atoms with van der Waals surface area (Å²) in [6.07, 6.45) is -26.6. The van der Waals surface area contributed by atoms with Gasteiger partial charge < -0.3 is 128 Å². The van der Waals surface area contributed by atoms with Gasteiger partial charge in [-0.25, -0.2) is 0 Å². The number of methoxy groups -OCH3 is 1. The maximum Gasteiger partial charge on any atom is 0.187 e. The van der Waals surface area contributed by atoms with Crippen LogP contribution in [0.3, 0.4) is 0 Å². The smallest absolute Gasteiger partial charge is 0.187 e. The van der Waals surface area contributed by atoms with E-state index < -0.39 is 179 Å². The fourth-order valence-electron chi connectivity index (χ4n) is 16.2. The molecule has 9 fully saturated rings. The third kappa shape index (κ3) is 12.0. The molecular formula is C57H94O26. The normalized spacial score (nSPS) is 55.0. The van der Waals surface area contributed by atoms with Gasteiger partial charge in [-0.05, 0) is 106 Å². The lowest BCUT2D eigenvalue weighted by Gasteiger charge is -2.56. The zero-order valence-corrected chi connectivity index (χ0v) is 48.4. The number of hydrogen-bond acceptors (Lipinski definition) is 26. The predicted molar refractivity (Wildman–Crippen MR) is 280 cm³/mol. The number of allylic oxidation sites excluding steroid dienone is 1. The van der Waals surface area contributed by atoms with E-state index in [1.807, 2.05) is 6.92 Å². The van der Waals surface area contributed by atoms with Crippen LogP contribution in [0.1, 0.15) is 99.3 Å². The van der Waals surface area contributed by atoms with E-state index in [9.17, 15) is 71.5 Å². The van der Waals surface area contributed by atoms with Crippen LogP contribution in [-0.2, 0) is 56.8 Å². The van der Waals surface area contributed by atoms with Gasteiger partial charge in [0, 0.05) is 25.4 Å².